The van der Waals surface area contributed by atoms with Crippen LogP contribution in [0.3, 0.4) is 0 Å². The van der Waals surface area contributed by atoms with Crippen LogP contribution in [0.1, 0.15) is 31.2 Å². The molecule has 110 valence electrons. The Morgan fingerprint density at radius 3 is 2.45 bits per heavy atom. The maximum Gasteiger partial charge on any atom is 0.306 e. The van der Waals surface area contributed by atoms with E-state index in [1.807, 2.05) is 0 Å². The van der Waals surface area contributed by atoms with Crippen LogP contribution in [0.2, 0.25) is 0 Å². The summed E-state index contributed by atoms with van der Waals surface area (Å²) < 4.78 is 37.6. The van der Waals surface area contributed by atoms with Gasteiger partial charge in [0.1, 0.15) is 5.82 Å². The Kier molecular flexibility index (Phi) is 4.42. The summed E-state index contributed by atoms with van der Waals surface area (Å²) in [5.41, 5.74) is 0.436. The van der Waals surface area contributed by atoms with Gasteiger partial charge in [0.2, 0.25) is 0 Å². The Balaban J connectivity index is 2.03. The highest BCUT2D eigenvalue weighted by molar-refractivity contribution is 7.91. The van der Waals surface area contributed by atoms with E-state index in [9.17, 15) is 17.6 Å². The fraction of sp³-hybridized carbons (Fsp3) is 0.500. The first-order valence-electron chi connectivity index (χ1n) is 6.57. The van der Waals surface area contributed by atoms with Gasteiger partial charge in [0.05, 0.1) is 16.9 Å². The average molecular weight is 300 g/mol. The van der Waals surface area contributed by atoms with Crippen molar-refractivity contribution < 1.29 is 22.7 Å². The maximum atomic E-state index is 13.1. The minimum atomic E-state index is -3.36. The number of hydrogen-bond donors (Lipinski definition) is 1. The Bertz CT molecular complexity index is 589. The van der Waals surface area contributed by atoms with Crippen LogP contribution >= 0.6 is 0 Å². The molecule has 1 N–H and O–H groups in total. The zero-order valence-corrected chi connectivity index (χ0v) is 11.8. The summed E-state index contributed by atoms with van der Waals surface area (Å²) in [6.45, 7) is 0. The highest BCUT2D eigenvalue weighted by atomic mass is 32.2. The summed E-state index contributed by atoms with van der Waals surface area (Å²) in [5, 5.41) is 8.39. The molecule has 0 unspecified atom stereocenters. The molecule has 0 bridgehead atoms. The lowest BCUT2D eigenvalue weighted by molar-refractivity contribution is -0.142. The molecule has 20 heavy (non-hydrogen) atoms. The number of halogens is 1. The predicted molar refractivity (Wildman–Crippen MR) is 72.4 cm³/mol. The molecule has 1 saturated carbocycles. The van der Waals surface area contributed by atoms with Gasteiger partial charge in [0, 0.05) is 0 Å². The number of sulfone groups is 1. The molecule has 0 heterocycles. The van der Waals surface area contributed by atoms with Crippen LogP contribution in [-0.4, -0.2) is 24.7 Å². The second-order valence-electron chi connectivity index (χ2n) is 5.25. The summed E-state index contributed by atoms with van der Waals surface area (Å²) in [5.74, 6) is -1.93. The molecule has 0 saturated heterocycles. The summed E-state index contributed by atoms with van der Waals surface area (Å²) in [6.07, 6.45) is 1.52. The highest BCUT2D eigenvalue weighted by Crippen LogP contribution is 2.30. The molecule has 0 aromatic heterocycles. The first-order chi connectivity index (χ1) is 9.38. The van der Waals surface area contributed by atoms with Gasteiger partial charge in [0.15, 0.2) is 9.84 Å². The molecule has 1 aliphatic carbocycles. The third-order valence-corrected chi connectivity index (χ3v) is 6.01. The van der Waals surface area contributed by atoms with Crippen molar-refractivity contribution in [1.82, 2.24) is 0 Å². The molecule has 0 radical (unpaired) electrons. The van der Waals surface area contributed by atoms with Crippen LogP contribution in [0.5, 0.6) is 0 Å². The van der Waals surface area contributed by atoms with Crippen molar-refractivity contribution in [2.75, 3.05) is 0 Å². The monoisotopic (exact) mass is 300 g/mol. The standard InChI is InChI=1S/C14H17FO4S/c15-12-3-1-2-10(8-12)9-20(18,19)13-6-4-11(5-7-13)14(16)17/h1-3,8,11,13H,4-7,9H2,(H,16,17). The van der Waals surface area contributed by atoms with E-state index in [0.29, 0.717) is 31.2 Å². The second-order valence-corrected chi connectivity index (χ2v) is 7.53. The van der Waals surface area contributed by atoms with E-state index in [-0.39, 0.29) is 5.75 Å². The normalized spacial score (nSPS) is 23.4. The number of carboxylic acids is 1. The van der Waals surface area contributed by atoms with E-state index in [4.69, 9.17) is 5.11 Å². The van der Waals surface area contributed by atoms with Gasteiger partial charge in [-0.25, -0.2) is 12.8 Å². The van der Waals surface area contributed by atoms with Gasteiger partial charge in [-0.15, -0.1) is 0 Å². The van der Waals surface area contributed by atoms with E-state index in [1.165, 1.54) is 18.2 Å². The molecule has 1 fully saturated rings. The highest BCUT2D eigenvalue weighted by Gasteiger charge is 2.33. The Labute approximate surface area is 117 Å². The second kappa shape index (κ2) is 5.91. The fourth-order valence-corrected chi connectivity index (χ4v) is 4.52. The molecule has 1 aromatic carbocycles. The molecule has 6 heteroatoms. The molecule has 0 aliphatic heterocycles. The predicted octanol–water partition coefficient (Wildman–Crippen LogP) is 2.38. The third-order valence-electron chi connectivity index (χ3n) is 3.79. The molecular weight excluding hydrogens is 283 g/mol. The summed E-state index contributed by atoms with van der Waals surface area (Å²) in [4.78, 5) is 10.8. The maximum absolute atomic E-state index is 13.1. The van der Waals surface area contributed by atoms with Gasteiger partial charge >= 0.3 is 5.97 Å². The van der Waals surface area contributed by atoms with Gasteiger partial charge in [0.25, 0.3) is 0 Å². The van der Waals surface area contributed by atoms with Gasteiger partial charge in [-0.05, 0) is 43.4 Å². The van der Waals surface area contributed by atoms with Gasteiger partial charge in [-0.3, -0.25) is 4.79 Å². The molecule has 2 rings (SSSR count). The Morgan fingerprint density at radius 1 is 1.25 bits per heavy atom. The Morgan fingerprint density at radius 2 is 1.90 bits per heavy atom. The van der Waals surface area contributed by atoms with Crippen LogP contribution < -0.4 is 0 Å². The van der Waals surface area contributed by atoms with Crippen molar-refractivity contribution in [1.29, 1.82) is 0 Å². The minimum Gasteiger partial charge on any atom is -0.481 e. The lowest BCUT2D eigenvalue weighted by atomic mass is 9.89. The number of aliphatic carboxylic acids is 1. The van der Waals surface area contributed by atoms with Crippen molar-refractivity contribution in [3.63, 3.8) is 0 Å². The number of rotatable bonds is 4. The smallest absolute Gasteiger partial charge is 0.306 e. The average Bonchev–Trinajstić information content (AvgIpc) is 2.38. The minimum absolute atomic E-state index is 0.187. The lowest BCUT2D eigenvalue weighted by Crippen LogP contribution is -2.30. The van der Waals surface area contributed by atoms with Crippen LogP contribution in [-0.2, 0) is 20.4 Å². The fourth-order valence-electron chi connectivity index (χ4n) is 2.65. The third kappa shape index (κ3) is 3.56. The van der Waals surface area contributed by atoms with Crippen molar-refractivity contribution in [2.24, 2.45) is 5.92 Å². The summed E-state index contributed by atoms with van der Waals surface area (Å²) in [7, 11) is -3.36. The number of carboxylic acid groups (broad SMARTS) is 1. The number of carbonyl (C=O) groups is 1. The topological polar surface area (TPSA) is 71.4 Å². The first kappa shape index (κ1) is 15.0. The molecule has 0 amide bonds. The molecule has 4 nitrogen and oxygen atoms in total. The zero-order valence-electron chi connectivity index (χ0n) is 11.0. The largest absolute Gasteiger partial charge is 0.481 e. The van der Waals surface area contributed by atoms with E-state index in [1.54, 1.807) is 6.07 Å². The molecule has 0 atom stereocenters. The van der Waals surface area contributed by atoms with Crippen LogP contribution in [0.25, 0.3) is 0 Å². The quantitative estimate of drug-likeness (QED) is 0.926. The molecule has 0 spiro atoms. The van der Waals surface area contributed by atoms with E-state index >= 15 is 0 Å². The van der Waals surface area contributed by atoms with Crippen molar-refractivity contribution >= 4 is 15.8 Å². The van der Waals surface area contributed by atoms with Crippen molar-refractivity contribution in [2.45, 2.75) is 36.7 Å². The van der Waals surface area contributed by atoms with Crippen LogP contribution in [0.15, 0.2) is 24.3 Å². The number of benzene rings is 1. The Hall–Kier alpha value is -1.43. The molecular formula is C14H17FO4S. The lowest BCUT2D eigenvalue weighted by Gasteiger charge is -2.25. The number of hydrogen-bond acceptors (Lipinski definition) is 3. The van der Waals surface area contributed by atoms with Gasteiger partial charge < -0.3 is 5.11 Å². The van der Waals surface area contributed by atoms with E-state index < -0.39 is 32.8 Å². The summed E-state index contributed by atoms with van der Waals surface area (Å²) >= 11 is 0. The zero-order chi connectivity index (χ0) is 14.8. The van der Waals surface area contributed by atoms with Crippen molar-refractivity contribution in [3.05, 3.63) is 35.6 Å². The molecule has 1 aromatic rings. The molecule has 1 aliphatic rings. The van der Waals surface area contributed by atoms with Gasteiger partial charge in [-0.1, -0.05) is 12.1 Å². The SMILES string of the molecule is O=C(O)C1CCC(S(=O)(=O)Cc2cccc(F)c2)CC1. The van der Waals surface area contributed by atoms with Crippen molar-refractivity contribution in [3.8, 4) is 0 Å². The summed E-state index contributed by atoms with van der Waals surface area (Å²) in [6, 6.07) is 5.57. The van der Waals surface area contributed by atoms with E-state index in [0.717, 1.165) is 0 Å². The first-order valence-corrected chi connectivity index (χ1v) is 8.29. The van der Waals surface area contributed by atoms with Gasteiger partial charge in [-0.2, -0.15) is 0 Å². The van der Waals surface area contributed by atoms with E-state index in [2.05, 4.69) is 0 Å². The van der Waals surface area contributed by atoms with Crippen LogP contribution in [0.4, 0.5) is 4.39 Å². The van der Waals surface area contributed by atoms with Crippen LogP contribution in [0, 0.1) is 11.7 Å².